The number of carbonyl (C=O) groups excluding carboxylic acids is 1. The third-order valence-corrected chi connectivity index (χ3v) is 3.89. The molecule has 3 rings (SSSR count). The molecule has 0 aliphatic carbocycles. The molecular weight excluding hydrogens is 272 g/mol. The lowest BCUT2D eigenvalue weighted by atomic mass is 10.3. The molecule has 6 heteroatoms. The lowest BCUT2D eigenvalue weighted by Gasteiger charge is -2.03. The summed E-state index contributed by atoms with van der Waals surface area (Å²) in [5, 5.41) is 7.72. The van der Waals surface area contributed by atoms with Gasteiger partial charge in [0.2, 0.25) is 5.91 Å². The zero-order valence-corrected chi connectivity index (χ0v) is 12.1. The highest BCUT2D eigenvalue weighted by atomic mass is 32.1. The van der Waals surface area contributed by atoms with Crippen LogP contribution in [0.1, 0.15) is 11.4 Å². The van der Waals surface area contributed by atoms with Crippen LogP contribution in [0, 0.1) is 13.8 Å². The summed E-state index contributed by atoms with van der Waals surface area (Å²) in [6.45, 7) is 4.05. The number of anilines is 1. The highest BCUT2D eigenvalue weighted by molar-refractivity contribution is 7.22. The maximum absolute atomic E-state index is 12.0. The molecular formula is C14H14N4OS. The summed E-state index contributed by atoms with van der Waals surface area (Å²) in [6.07, 6.45) is 0. The second kappa shape index (κ2) is 5.05. The van der Waals surface area contributed by atoms with Crippen LogP contribution in [0.15, 0.2) is 30.3 Å². The fraction of sp³-hybridized carbons (Fsp3) is 0.214. The zero-order valence-electron chi connectivity index (χ0n) is 11.3. The Morgan fingerprint density at radius 1 is 1.35 bits per heavy atom. The fourth-order valence-electron chi connectivity index (χ4n) is 2.06. The first-order chi connectivity index (χ1) is 9.61. The van der Waals surface area contributed by atoms with Gasteiger partial charge in [0.25, 0.3) is 0 Å². The van der Waals surface area contributed by atoms with Gasteiger partial charge in [0, 0.05) is 5.69 Å². The number of hydrogen-bond donors (Lipinski definition) is 1. The third kappa shape index (κ3) is 2.55. The van der Waals surface area contributed by atoms with Crippen molar-refractivity contribution in [3.8, 4) is 0 Å². The molecule has 2 heterocycles. The quantitative estimate of drug-likeness (QED) is 0.805. The first-order valence-electron chi connectivity index (χ1n) is 6.28. The molecule has 0 unspecified atom stereocenters. The van der Waals surface area contributed by atoms with Gasteiger partial charge in [0.1, 0.15) is 6.54 Å². The molecule has 0 aliphatic rings. The molecule has 1 amide bonds. The molecule has 0 bridgehead atoms. The summed E-state index contributed by atoms with van der Waals surface area (Å²) in [7, 11) is 0. The molecule has 20 heavy (non-hydrogen) atoms. The van der Waals surface area contributed by atoms with Crippen LogP contribution in [0.2, 0.25) is 0 Å². The van der Waals surface area contributed by atoms with Crippen molar-refractivity contribution >= 4 is 32.6 Å². The van der Waals surface area contributed by atoms with Crippen LogP contribution >= 0.6 is 11.3 Å². The van der Waals surface area contributed by atoms with E-state index in [-0.39, 0.29) is 12.5 Å². The first kappa shape index (κ1) is 12.8. The molecule has 0 aliphatic heterocycles. The van der Waals surface area contributed by atoms with Crippen molar-refractivity contribution in [2.24, 2.45) is 0 Å². The van der Waals surface area contributed by atoms with Gasteiger partial charge in [-0.25, -0.2) is 4.98 Å². The second-order valence-electron chi connectivity index (χ2n) is 4.62. The lowest BCUT2D eigenvalue weighted by Crippen LogP contribution is -2.20. The number of benzene rings is 1. The topological polar surface area (TPSA) is 59.8 Å². The molecule has 0 saturated carbocycles. The third-order valence-electron chi connectivity index (χ3n) is 2.94. The number of fused-ring (bicyclic) bond motifs is 1. The molecule has 0 fully saturated rings. The Hall–Kier alpha value is -2.21. The van der Waals surface area contributed by atoms with Gasteiger partial charge in [-0.1, -0.05) is 23.5 Å². The van der Waals surface area contributed by atoms with Crippen LogP contribution in [0.3, 0.4) is 0 Å². The first-order valence-corrected chi connectivity index (χ1v) is 7.10. The van der Waals surface area contributed by atoms with E-state index in [1.165, 1.54) is 11.3 Å². The molecule has 0 atom stereocenters. The summed E-state index contributed by atoms with van der Waals surface area (Å²) in [5.74, 6) is -0.116. The number of thiazole rings is 1. The van der Waals surface area contributed by atoms with Crippen molar-refractivity contribution < 1.29 is 4.79 Å². The molecule has 102 valence electrons. The van der Waals surface area contributed by atoms with Gasteiger partial charge in [-0.2, -0.15) is 5.10 Å². The molecule has 1 aromatic carbocycles. The van der Waals surface area contributed by atoms with E-state index in [9.17, 15) is 4.79 Å². The lowest BCUT2D eigenvalue weighted by molar-refractivity contribution is -0.116. The average molecular weight is 286 g/mol. The Labute approximate surface area is 120 Å². The number of nitrogens with one attached hydrogen (secondary N) is 1. The van der Waals surface area contributed by atoms with Gasteiger partial charge in [-0.05, 0) is 32.0 Å². The predicted molar refractivity (Wildman–Crippen MR) is 80.0 cm³/mol. The number of para-hydroxylation sites is 1. The molecule has 0 spiro atoms. The van der Waals surface area contributed by atoms with Crippen molar-refractivity contribution in [3.63, 3.8) is 0 Å². The second-order valence-corrected chi connectivity index (χ2v) is 5.65. The SMILES string of the molecule is Cc1cc(C)n(CC(=O)Nc2nc3ccccc3s2)n1. The fourth-order valence-corrected chi connectivity index (χ4v) is 2.94. The highest BCUT2D eigenvalue weighted by Crippen LogP contribution is 2.25. The van der Waals surface area contributed by atoms with Crippen LogP contribution in [0.5, 0.6) is 0 Å². The van der Waals surface area contributed by atoms with E-state index in [2.05, 4.69) is 15.4 Å². The number of rotatable bonds is 3. The van der Waals surface area contributed by atoms with Crippen LogP contribution < -0.4 is 5.32 Å². The van der Waals surface area contributed by atoms with Gasteiger partial charge < -0.3 is 5.32 Å². The minimum atomic E-state index is -0.116. The largest absolute Gasteiger partial charge is 0.300 e. The maximum Gasteiger partial charge on any atom is 0.247 e. The molecule has 1 N–H and O–H groups in total. The smallest absolute Gasteiger partial charge is 0.247 e. The van der Waals surface area contributed by atoms with Crippen LogP contribution in [0.4, 0.5) is 5.13 Å². The molecule has 0 radical (unpaired) electrons. The number of aromatic nitrogens is 3. The van der Waals surface area contributed by atoms with Gasteiger partial charge in [0.15, 0.2) is 5.13 Å². The van der Waals surface area contributed by atoms with Crippen molar-refractivity contribution in [1.29, 1.82) is 0 Å². The van der Waals surface area contributed by atoms with Crippen LogP contribution in [-0.2, 0) is 11.3 Å². The van der Waals surface area contributed by atoms with E-state index in [4.69, 9.17) is 0 Å². The summed E-state index contributed by atoms with van der Waals surface area (Å²) in [6, 6.07) is 9.77. The van der Waals surface area contributed by atoms with E-state index in [1.807, 2.05) is 44.2 Å². The molecule has 3 aromatic rings. The van der Waals surface area contributed by atoms with Gasteiger partial charge in [0.05, 0.1) is 15.9 Å². The maximum atomic E-state index is 12.0. The van der Waals surface area contributed by atoms with Gasteiger partial charge in [-0.15, -0.1) is 0 Å². The minimum Gasteiger partial charge on any atom is -0.300 e. The van der Waals surface area contributed by atoms with Crippen LogP contribution in [0.25, 0.3) is 10.2 Å². The molecule has 2 aromatic heterocycles. The average Bonchev–Trinajstić information content (AvgIpc) is 2.92. The standard InChI is InChI=1S/C14H14N4OS/c1-9-7-10(2)18(17-9)8-13(19)16-14-15-11-5-3-4-6-12(11)20-14/h3-7H,8H2,1-2H3,(H,15,16,19). The van der Waals surface area contributed by atoms with Gasteiger partial charge in [-0.3, -0.25) is 9.48 Å². The minimum absolute atomic E-state index is 0.116. The normalized spacial score (nSPS) is 10.9. The predicted octanol–water partition coefficient (Wildman–Crippen LogP) is 2.75. The molecule has 5 nitrogen and oxygen atoms in total. The summed E-state index contributed by atoms with van der Waals surface area (Å²) in [4.78, 5) is 16.4. The monoisotopic (exact) mass is 286 g/mol. The van der Waals surface area contributed by atoms with Gasteiger partial charge >= 0.3 is 0 Å². The molecule has 0 saturated heterocycles. The number of aryl methyl sites for hydroxylation is 2. The Morgan fingerprint density at radius 3 is 2.85 bits per heavy atom. The number of amides is 1. The summed E-state index contributed by atoms with van der Waals surface area (Å²) >= 11 is 1.47. The number of carbonyl (C=O) groups is 1. The van der Waals surface area contributed by atoms with Crippen molar-refractivity contribution in [1.82, 2.24) is 14.8 Å². The van der Waals surface area contributed by atoms with E-state index in [0.717, 1.165) is 21.6 Å². The van der Waals surface area contributed by atoms with E-state index in [1.54, 1.807) is 4.68 Å². The Kier molecular flexibility index (Phi) is 3.23. The Balaban J connectivity index is 1.74. The number of nitrogens with zero attached hydrogens (tertiary/aromatic N) is 3. The summed E-state index contributed by atoms with van der Waals surface area (Å²) in [5.41, 5.74) is 2.79. The van der Waals surface area contributed by atoms with E-state index < -0.39 is 0 Å². The Morgan fingerprint density at radius 2 is 2.15 bits per heavy atom. The van der Waals surface area contributed by atoms with Crippen molar-refractivity contribution in [2.45, 2.75) is 20.4 Å². The highest BCUT2D eigenvalue weighted by Gasteiger charge is 2.10. The summed E-state index contributed by atoms with van der Waals surface area (Å²) < 4.78 is 2.76. The van der Waals surface area contributed by atoms with Crippen LogP contribution in [-0.4, -0.2) is 20.7 Å². The number of hydrogen-bond acceptors (Lipinski definition) is 4. The van der Waals surface area contributed by atoms with E-state index in [0.29, 0.717) is 5.13 Å². The zero-order chi connectivity index (χ0) is 14.1. The van der Waals surface area contributed by atoms with Crippen molar-refractivity contribution in [2.75, 3.05) is 5.32 Å². The van der Waals surface area contributed by atoms with E-state index >= 15 is 0 Å². The Bertz CT molecular complexity index is 741. The van der Waals surface area contributed by atoms with Crippen molar-refractivity contribution in [3.05, 3.63) is 41.7 Å².